The number of nitrogens with zero attached hydrogens (tertiary/aromatic N) is 1. The van der Waals surface area contributed by atoms with Crippen molar-refractivity contribution in [2.75, 3.05) is 0 Å². The Hall–Kier alpha value is -2.83. The standard InChI is InChI=1S/C19H21N2O6P/c1-13(2)25-18(22)14(3)20-28(24,27-15-9-5-4-6-10-15)21-16-11-7-8-12-17(16)26-19(21)23/h4-14H,1-3H3,(H,20,24)/t14-,28+/m0/s1. The van der Waals surface area contributed by atoms with Crippen LogP contribution in [0.2, 0.25) is 0 Å². The third-order valence-corrected chi connectivity index (χ3v) is 5.84. The first-order valence-corrected chi connectivity index (χ1v) is 10.3. The molecular weight excluding hydrogens is 383 g/mol. The summed E-state index contributed by atoms with van der Waals surface area (Å²) in [4.78, 5) is 24.7. The number of oxazole rings is 1. The van der Waals surface area contributed by atoms with Crippen molar-refractivity contribution in [2.24, 2.45) is 0 Å². The van der Waals surface area contributed by atoms with Crippen LogP contribution in [0.1, 0.15) is 20.8 Å². The van der Waals surface area contributed by atoms with E-state index < -0.39 is 25.4 Å². The molecule has 3 aromatic rings. The minimum atomic E-state index is -4.12. The Kier molecular flexibility index (Phi) is 5.72. The Morgan fingerprint density at radius 2 is 1.71 bits per heavy atom. The number of nitrogens with one attached hydrogen (secondary N) is 1. The highest BCUT2D eigenvalue weighted by Gasteiger charge is 2.36. The molecule has 0 saturated heterocycles. The second-order valence-corrected chi connectivity index (χ2v) is 8.29. The van der Waals surface area contributed by atoms with Gasteiger partial charge in [-0.15, -0.1) is 0 Å². The lowest BCUT2D eigenvalue weighted by molar-refractivity contribution is -0.149. The van der Waals surface area contributed by atoms with Crippen LogP contribution in [0.3, 0.4) is 0 Å². The Balaban J connectivity index is 2.06. The number of aromatic nitrogens is 1. The van der Waals surface area contributed by atoms with Crippen molar-refractivity contribution in [3.8, 4) is 5.75 Å². The second kappa shape index (κ2) is 8.04. The van der Waals surface area contributed by atoms with E-state index in [4.69, 9.17) is 13.7 Å². The molecule has 0 bridgehead atoms. The Morgan fingerprint density at radius 3 is 2.39 bits per heavy atom. The Labute approximate surface area is 161 Å². The van der Waals surface area contributed by atoms with Crippen LogP contribution in [0.15, 0.2) is 63.8 Å². The number of esters is 1. The number of hydrogen-bond acceptors (Lipinski definition) is 6. The number of ether oxygens (including phenoxy) is 1. The number of carbonyl (C=O) groups is 1. The fourth-order valence-corrected chi connectivity index (χ4v) is 4.54. The van der Waals surface area contributed by atoms with Crippen molar-refractivity contribution in [3.63, 3.8) is 0 Å². The Morgan fingerprint density at radius 1 is 1.07 bits per heavy atom. The van der Waals surface area contributed by atoms with Crippen molar-refractivity contribution in [1.82, 2.24) is 9.42 Å². The summed E-state index contributed by atoms with van der Waals surface area (Å²) in [6.45, 7) is 4.90. The quantitative estimate of drug-likeness (QED) is 0.475. The number of carbonyl (C=O) groups excluding carboxylic acids is 1. The van der Waals surface area contributed by atoms with Gasteiger partial charge in [-0.2, -0.15) is 4.34 Å². The molecule has 1 aromatic heterocycles. The number of fused-ring (bicyclic) bond motifs is 1. The van der Waals surface area contributed by atoms with Gasteiger partial charge < -0.3 is 13.7 Å². The molecule has 0 amide bonds. The van der Waals surface area contributed by atoms with Crippen LogP contribution >= 0.6 is 7.67 Å². The third-order valence-electron chi connectivity index (χ3n) is 3.76. The average molecular weight is 404 g/mol. The van der Waals surface area contributed by atoms with Crippen molar-refractivity contribution < 1.29 is 23.0 Å². The molecule has 0 saturated carbocycles. The van der Waals surface area contributed by atoms with E-state index in [0.717, 1.165) is 4.34 Å². The minimum absolute atomic E-state index is 0.253. The van der Waals surface area contributed by atoms with Crippen LogP contribution in [0.5, 0.6) is 5.75 Å². The molecule has 1 N–H and O–H groups in total. The molecule has 0 aliphatic carbocycles. The highest BCUT2D eigenvalue weighted by Crippen LogP contribution is 2.46. The maximum absolute atomic E-state index is 13.8. The summed E-state index contributed by atoms with van der Waals surface area (Å²) in [6.07, 6.45) is -0.344. The van der Waals surface area contributed by atoms with Crippen LogP contribution in [-0.2, 0) is 14.1 Å². The molecule has 28 heavy (non-hydrogen) atoms. The van der Waals surface area contributed by atoms with Gasteiger partial charge in [0.2, 0.25) is 0 Å². The molecule has 0 aliphatic rings. The number of rotatable bonds is 7. The third kappa shape index (κ3) is 4.18. The molecule has 3 rings (SSSR count). The van der Waals surface area contributed by atoms with Gasteiger partial charge in [0.1, 0.15) is 17.3 Å². The molecule has 8 nitrogen and oxygen atoms in total. The average Bonchev–Trinajstić information content (AvgIpc) is 2.98. The maximum Gasteiger partial charge on any atom is 0.430 e. The van der Waals surface area contributed by atoms with Gasteiger partial charge in [0.25, 0.3) is 0 Å². The second-order valence-electron chi connectivity index (χ2n) is 6.41. The molecular formula is C19H21N2O6P. The molecule has 2 aromatic carbocycles. The van der Waals surface area contributed by atoms with Crippen molar-refractivity contribution in [1.29, 1.82) is 0 Å². The van der Waals surface area contributed by atoms with E-state index >= 15 is 0 Å². The number of para-hydroxylation sites is 3. The van der Waals surface area contributed by atoms with Crippen LogP contribution in [0.25, 0.3) is 11.1 Å². The van der Waals surface area contributed by atoms with Gasteiger partial charge in [-0.25, -0.2) is 14.4 Å². The zero-order valence-corrected chi connectivity index (χ0v) is 16.6. The van der Waals surface area contributed by atoms with Gasteiger partial charge in [-0.1, -0.05) is 30.3 Å². The molecule has 0 fully saturated rings. The van der Waals surface area contributed by atoms with Crippen LogP contribution in [0, 0.1) is 0 Å². The SMILES string of the molecule is CC(C)OC(=O)[C@H](C)N[P@@](=O)(Oc1ccccc1)n1c(=O)oc2ccccc21. The molecule has 9 heteroatoms. The molecule has 1 heterocycles. The highest BCUT2D eigenvalue weighted by atomic mass is 31.2. The molecule has 0 radical (unpaired) electrons. The first-order chi connectivity index (χ1) is 13.3. The summed E-state index contributed by atoms with van der Waals surface area (Å²) in [7, 11) is -4.12. The fraction of sp³-hybridized carbons (Fsp3) is 0.263. The van der Waals surface area contributed by atoms with Gasteiger partial charge >= 0.3 is 19.4 Å². The summed E-state index contributed by atoms with van der Waals surface area (Å²) in [5.74, 6) is -1.22. The predicted octanol–water partition coefficient (Wildman–Crippen LogP) is 3.56. The Bertz CT molecular complexity index is 1070. The first kappa shape index (κ1) is 19.9. The molecule has 148 valence electrons. The molecule has 0 aliphatic heterocycles. The van der Waals surface area contributed by atoms with Gasteiger partial charge in [0.15, 0.2) is 5.58 Å². The van der Waals surface area contributed by atoms with E-state index in [9.17, 15) is 14.2 Å². The van der Waals surface area contributed by atoms with Gasteiger partial charge in [0.05, 0.1) is 6.10 Å². The number of benzene rings is 2. The summed E-state index contributed by atoms with van der Waals surface area (Å²) < 4.78 is 30.8. The van der Waals surface area contributed by atoms with Crippen molar-refractivity contribution in [2.45, 2.75) is 32.9 Å². The van der Waals surface area contributed by atoms with Crippen LogP contribution in [-0.4, -0.2) is 22.5 Å². The van der Waals surface area contributed by atoms with E-state index in [1.54, 1.807) is 68.4 Å². The molecule has 0 spiro atoms. The van der Waals surface area contributed by atoms with E-state index in [0.29, 0.717) is 0 Å². The highest BCUT2D eigenvalue weighted by molar-refractivity contribution is 7.55. The first-order valence-electron chi connectivity index (χ1n) is 8.74. The zero-order valence-electron chi connectivity index (χ0n) is 15.7. The van der Waals surface area contributed by atoms with Crippen molar-refractivity contribution >= 4 is 24.7 Å². The molecule has 0 unspecified atom stereocenters. The smallest absolute Gasteiger partial charge is 0.430 e. The topological polar surface area (TPSA) is 99.8 Å². The largest absolute Gasteiger partial charge is 0.462 e. The maximum atomic E-state index is 13.8. The summed E-state index contributed by atoms with van der Waals surface area (Å²) in [5, 5.41) is 2.64. The van der Waals surface area contributed by atoms with Gasteiger partial charge in [0, 0.05) is 0 Å². The van der Waals surface area contributed by atoms with E-state index in [-0.39, 0.29) is 23.0 Å². The summed E-state index contributed by atoms with van der Waals surface area (Å²) in [6, 6.07) is 13.9. The van der Waals surface area contributed by atoms with Crippen LogP contribution in [0.4, 0.5) is 0 Å². The lowest BCUT2D eigenvalue weighted by atomic mass is 10.3. The monoisotopic (exact) mass is 404 g/mol. The van der Waals surface area contributed by atoms with E-state index in [1.165, 1.54) is 6.92 Å². The minimum Gasteiger partial charge on any atom is -0.462 e. The predicted molar refractivity (Wildman–Crippen MR) is 104 cm³/mol. The van der Waals surface area contributed by atoms with Gasteiger partial charge in [-0.3, -0.25) is 4.79 Å². The van der Waals surface area contributed by atoms with Gasteiger partial charge in [-0.05, 0) is 45.0 Å². The van der Waals surface area contributed by atoms with E-state index in [1.807, 2.05) is 0 Å². The van der Waals surface area contributed by atoms with Crippen LogP contribution < -0.4 is 15.4 Å². The lowest BCUT2D eigenvalue weighted by Gasteiger charge is -2.23. The lowest BCUT2D eigenvalue weighted by Crippen LogP contribution is -2.38. The molecule has 2 atom stereocenters. The van der Waals surface area contributed by atoms with E-state index in [2.05, 4.69) is 5.09 Å². The summed E-state index contributed by atoms with van der Waals surface area (Å²) in [5.41, 5.74) is 0.535. The normalized spacial score (nSPS) is 14.6. The summed E-state index contributed by atoms with van der Waals surface area (Å²) >= 11 is 0. The van der Waals surface area contributed by atoms with Crippen molar-refractivity contribution in [3.05, 3.63) is 65.1 Å². The number of hydrogen-bond donors (Lipinski definition) is 1. The zero-order chi connectivity index (χ0) is 20.3. The fourth-order valence-electron chi connectivity index (χ4n) is 2.58.